The second kappa shape index (κ2) is 7.87. The van der Waals surface area contributed by atoms with Crippen LogP contribution in [0, 0.1) is 5.82 Å². The molecule has 152 valence electrons. The number of nitrogens with zero attached hydrogens (tertiary/aromatic N) is 1. The van der Waals surface area contributed by atoms with Crippen molar-refractivity contribution >= 4 is 17.4 Å². The lowest BCUT2D eigenvalue weighted by molar-refractivity contribution is -0.140. The lowest BCUT2D eigenvalue weighted by Gasteiger charge is -2.24. The van der Waals surface area contributed by atoms with Gasteiger partial charge in [0.15, 0.2) is 0 Å². The number of methoxy groups -OCH3 is 1. The van der Waals surface area contributed by atoms with Crippen LogP contribution in [-0.2, 0) is 16.1 Å². The Morgan fingerprint density at radius 1 is 1.13 bits per heavy atom. The van der Waals surface area contributed by atoms with Crippen molar-refractivity contribution in [2.75, 3.05) is 7.11 Å². The molecule has 1 unspecified atom stereocenters. The van der Waals surface area contributed by atoms with Gasteiger partial charge in [0.1, 0.15) is 23.1 Å². The van der Waals surface area contributed by atoms with Crippen LogP contribution in [0.25, 0.3) is 5.76 Å². The first kappa shape index (κ1) is 19.4. The number of ether oxygens (including phenoxy) is 1. The van der Waals surface area contributed by atoms with Crippen molar-refractivity contribution in [2.24, 2.45) is 0 Å². The zero-order chi connectivity index (χ0) is 21.3. The number of hydrogen-bond acceptors (Lipinski definition) is 5. The highest BCUT2D eigenvalue weighted by atomic mass is 19.1. The molecule has 0 radical (unpaired) electrons. The fraction of sp³-hybridized carbons (Fsp3) is 0.130. The number of furan rings is 1. The van der Waals surface area contributed by atoms with E-state index in [1.807, 2.05) is 0 Å². The third-order valence-corrected chi connectivity index (χ3v) is 4.99. The fourth-order valence-electron chi connectivity index (χ4n) is 3.56. The number of Topliss-reactive ketones (excluding diaryl/α,β-unsaturated/α-hetero) is 1. The lowest BCUT2D eigenvalue weighted by atomic mass is 9.95. The van der Waals surface area contributed by atoms with Crippen LogP contribution in [0.1, 0.15) is 22.9 Å². The molecular formula is C23H18FNO5. The van der Waals surface area contributed by atoms with Crippen molar-refractivity contribution in [3.8, 4) is 5.75 Å². The quantitative estimate of drug-likeness (QED) is 0.392. The van der Waals surface area contributed by atoms with E-state index in [-0.39, 0.29) is 23.2 Å². The maximum Gasteiger partial charge on any atom is 0.296 e. The Kier molecular flexibility index (Phi) is 5.10. The van der Waals surface area contributed by atoms with E-state index in [0.29, 0.717) is 11.5 Å². The van der Waals surface area contributed by atoms with Crippen molar-refractivity contribution in [3.05, 3.63) is 95.2 Å². The molecule has 1 aliphatic heterocycles. The Hall–Kier alpha value is -3.87. The van der Waals surface area contributed by atoms with E-state index in [1.54, 1.807) is 36.4 Å². The minimum Gasteiger partial charge on any atom is -0.507 e. The Morgan fingerprint density at radius 2 is 1.93 bits per heavy atom. The summed E-state index contributed by atoms with van der Waals surface area (Å²) >= 11 is 0. The van der Waals surface area contributed by atoms with Crippen LogP contribution in [0.3, 0.4) is 0 Å². The number of halogens is 1. The van der Waals surface area contributed by atoms with E-state index in [9.17, 15) is 19.1 Å². The predicted molar refractivity (Wildman–Crippen MR) is 106 cm³/mol. The van der Waals surface area contributed by atoms with Crippen LogP contribution in [-0.4, -0.2) is 28.8 Å². The van der Waals surface area contributed by atoms with Crippen LogP contribution >= 0.6 is 0 Å². The molecule has 1 fully saturated rings. The zero-order valence-corrected chi connectivity index (χ0v) is 16.0. The van der Waals surface area contributed by atoms with E-state index in [1.165, 1.54) is 42.5 Å². The first-order chi connectivity index (χ1) is 14.5. The summed E-state index contributed by atoms with van der Waals surface area (Å²) in [5.41, 5.74) is 0.198. The number of aliphatic hydroxyl groups excluding tert-OH is 1. The number of benzene rings is 2. The van der Waals surface area contributed by atoms with Crippen LogP contribution in [0.4, 0.5) is 4.39 Å². The third kappa shape index (κ3) is 3.34. The van der Waals surface area contributed by atoms with Crippen LogP contribution in [0.5, 0.6) is 5.75 Å². The summed E-state index contributed by atoms with van der Waals surface area (Å²) in [4.78, 5) is 27.0. The molecule has 1 N–H and O–H groups in total. The molecule has 1 amide bonds. The maximum absolute atomic E-state index is 14.7. The first-order valence-electron chi connectivity index (χ1n) is 9.21. The van der Waals surface area contributed by atoms with Crippen molar-refractivity contribution in [2.45, 2.75) is 12.6 Å². The molecule has 0 bridgehead atoms. The summed E-state index contributed by atoms with van der Waals surface area (Å²) in [5, 5.41) is 11.0. The summed E-state index contributed by atoms with van der Waals surface area (Å²) in [7, 11) is 1.47. The number of carbonyl (C=O) groups is 2. The molecule has 6 nitrogen and oxygen atoms in total. The molecule has 2 heterocycles. The smallest absolute Gasteiger partial charge is 0.296 e. The first-order valence-corrected chi connectivity index (χ1v) is 9.21. The number of aliphatic hydroxyl groups is 1. The van der Waals surface area contributed by atoms with Gasteiger partial charge in [0, 0.05) is 11.1 Å². The van der Waals surface area contributed by atoms with Gasteiger partial charge >= 0.3 is 0 Å². The lowest BCUT2D eigenvalue weighted by Crippen LogP contribution is -2.29. The monoisotopic (exact) mass is 407 g/mol. The number of carbonyl (C=O) groups excluding carboxylic acids is 2. The van der Waals surface area contributed by atoms with Gasteiger partial charge in [-0.2, -0.15) is 0 Å². The van der Waals surface area contributed by atoms with Gasteiger partial charge in [0.2, 0.25) is 0 Å². The number of rotatable bonds is 5. The van der Waals surface area contributed by atoms with Gasteiger partial charge in [-0.25, -0.2) is 4.39 Å². The molecular weight excluding hydrogens is 389 g/mol. The molecule has 3 aromatic rings. The maximum atomic E-state index is 14.7. The Morgan fingerprint density at radius 3 is 2.63 bits per heavy atom. The van der Waals surface area contributed by atoms with Crippen LogP contribution in [0.15, 0.2) is 76.9 Å². The van der Waals surface area contributed by atoms with Gasteiger partial charge in [-0.1, -0.05) is 30.3 Å². The highest BCUT2D eigenvalue weighted by Gasteiger charge is 2.47. The number of ketones is 1. The largest absolute Gasteiger partial charge is 0.507 e. The average molecular weight is 407 g/mol. The Balaban J connectivity index is 1.89. The minimum absolute atomic E-state index is 0.0501. The Labute approximate surface area is 171 Å². The van der Waals surface area contributed by atoms with E-state index in [4.69, 9.17) is 9.15 Å². The molecule has 1 aromatic heterocycles. The van der Waals surface area contributed by atoms with Crippen molar-refractivity contribution in [1.82, 2.24) is 4.90 Å². The standard InChI is InChI=1S/C23H18FNO5/c1-29-15-7-4-6-14(12-15)21(26)19-20(17-9-2-3-10-18(17)24)25(23(28)22(19)27)13-16-8-5-11-30-16/h2-12,20,26H,13H2,1H3/b21-19-. The second-order valence-electron chi connectivity index (χ2n) is 6.76. The van der Waals surface area contributed by atoms with Gasteiger partial charge in [-0.05, 0) is 30.3 Å². The fourth-order valence-corrected chi connectivity index (χ4v) is 3.56. The van der Waals surface area contributed by atoms with Gasteiger partial charge < -0.3 is 19.2 Å². The molecule has 30 heavy (non-hydrogen) atoms. The molecule has 1 aliphatic rings. The highest BCUT2D eigenvalue weighted by Crippen LogP contribution is 2.41. The normalized spacial score (nSPS) is 18.1. The molecule has 2 aromatic carbocycles. The van der Waals surface area contributed by atoms with Gasteiger partial charge in [-0.3, -0.25) is 9.59 Å². The minimum atomic E-state index is -1.11. The molecule has 0 saturated carbocycles. The third-order valence-electron chi connectivity index (χ3n) is 4.99. The van der Waals surface area contributed by atoms with E-state index in [2.05, 4.69) is 0 Å². The number of hydrogen-bond donors (Lipinski definition) is 1. The summed E-state index contributed by atoms with van der Waals surface area (Å²) in [5.74, 6) is -1.84. The van der Waals surface area contributed by atoms with Crippen molar-refractivity contribution in [1.29, 1.82) is 0 Å². The summed E-state index contributed by atoms with van der Waals surface area (Å²) in [6.45, 7) is -0.0501. The topological polar surface area (TPSA) is 80.0 Å². The predicted octanol–water partition coefficient (Wildman–Crippen LogP) is 4.05. The number of likely N-dealkylation sites (tertiary alicyclic amines) is 1. The second-order valence-corrected chi connectivity index (χ2v) is 6.76. The average Bonchev–Trinajstić information content (AvgIpc) is 3.36. The van der Waals surface area contributed by atoms with Crippen molar-refractivity contribution < 1.29 is 28.2 Å². The molecule has 1 atom stereocenters. The SMILES string of the molecule is COc1cccc(/C(O)=C2/C(=O)C(=O)N(Cc3ccco3)C2c2ccccc2F)c1. The van der Waals surface area contributed by atoms with Crippen LogP contribution in [0.2, 0.25) is 0 Å². The summed E-state index contributed by atoms with van der Waals surface area (Å²) < 4.78 is 25.2. The molecule has 7 heteroatoms. The van der Waals surface area contributed by atoms with E-state index >= 15 is 0 Å². The van der Waals surface area contributed by atoms with E-state index in [0.717, 1.165) is 0 Å². The molecule has 0 aliphatic carbocycles. The van der Waals surface area contributed by atoms with Gasteiger partial charge in [0.05, 0.1) is 31.5 Å². The molecule has 1 saturated heterocycles. The Bertz CT molecular complexity index is 1140. The number of amides is 1. The zero-order valence-electron chi connectivity index (χ0n) is 16.0. The van der Waals surface area contributed by atoms with Gasteiger partial charge in [-0.15, -0.1) is 0 Å². The summed E-state index contributed by atoms with van der Waals surface area (Å²) in [6, 6.07) is 14.5. The van der Waals surface area contributed by atoms with Crippen molar-refractivity contribution in [3.63, 3.8) is 0 Å². The molecule has 4 rings (SSSR count). The highest BCUT2D eigenvalue weighted by molar-refractivity contribution is 6.46. The van der Waals surface area contributed by atoms with Gasteiger partial charge in [0.25, 0.3) is 11.7 Å². The van der Waals surface area contributed by atoms with E-state index < -0.39 is 29.3 Å². The summed E-state index contributed by atoms with van der Waals surface area (Å²) in [6.07, 6.45) is 1.44. The molecule has 0 spiro atoms. The van der Waals surface area contributed by atoms with Crippen LogP contribution < -0.4 is 4.74 Å².